The average Bonchev–Trinajstić information content (AvgIpc) is 2.86. The van der Waals surface area contributed by atoms with Crippen molar-refractivity contribution in [3.8, 4) is 6.07 Å². The van der Waals surface area contributed by atoms with Crippen LogP contribution in [0.15, 0.2) is 60.8 Å². The van der Waals surface area contributed by atoms with Crippen molar-refractivity contribution in [1.82, 2.24) is 15.8 Å². The number of carbonyl (C=O) groups excluding carboxylic acids is 2. The van der Waals surface area contributed by atoms with Gasteiger partial charge in [0.25, 0.3) is 5.91 Å². The molecular weight excluding hydrogens is 452 g/mol. The van der Waals surface area contributed by atoms with E-state index in [-0.39, 0.29) is 12.4 Å². The van der Waals surface area contributed by atoms with Gasteiger partial charge in [-0.15, -0.1) is 0 Å². The standard InChI is InChI=1S/C24H22N6O5/c1-15-19(10-11-26-22(15)29-24(34)27-13-21(31)32)28-20-5-3-2-4-18(20)23(33)30-35-14-17-8-6-16(12-25)7-9-17/h2-11H,13-14H2,1H3,(H,30,33)(H,31,32)(H3,26,27,28,29,34). The molecule has 0 aliphatic rings. The maximum absolute atomic E-state index is 12.7. The SMILES string of the molecule is Cc1c(Nc2ccccc2C(=O)NOCc2ccc(C#N)cc2)ccnc1NC(=O)NCC(=O)O. The van der Waals surface area contributed by atoms with Crippen LogP contribution < -0.4 is 21.4 Å². The minimum atomic E-state index is -1.17. The van der Waals surface area contributed by atoms with Gasteiger partial charge >= 0.3 is 12.0 Å². The number of aliphatic carboxylic acids is 1. The van der Waals surface area contributed by atoms with Crippen LogP contribution in [-0.4, -0.2) is 34.5 Å². The summed E-state index contributed by atoms with van der Waals surface area (Å²) in [6, 6.07) is 16.6. The van der Waals surface area contributed by atoms with Crippen LogP contribution in [-0.2, 0) is 16.2 Å². The van der Waals surface area contributed by atoms with Crippen LogP contribution in [0.25, 0.3) is 0 Å². The number of rotatable bonds is 9. The number of aromatic nitrogens is 1. The van der Waals surface area contributed by atoms with Crippen molar-refractivity contribution in [3.63, 3.8) is 0 Å². The molecule has 35 heavy (non-hydrogen) atoms. The lowest BCUT2D eigenvalue weighted by molar-refractivity contribution is -0.135. The highest BCUT2D eigenvalue weighted by atomic mass is 16.6. The normalized spacial score (nSPS) is 10.1. The smallest absolute Gasteiger partial charge is 0.323 e. The number of amides is 3. The Morgan fingerprint density at radius 3 is 2.51 bits per heavy atom. The van der Waals surface area contributed by atoms with Crippen LogP contribution in [0.1, 0.15) is 27.0 Å². The van der Waals surface area contributed by atoms with Gasteiger partial charge in [-0.3, -0.25) is 19.7 Å². The van der Waals surface area contributed by atoms with Crippen molar-refractivity contribution in [2.75, 3.05) is 17.2 Å². The Labute approximate surface area is 200 Å². The summed E-state index contributed by atoms with van der Waals surface area (Å²) >= 11 is 0. The van der Waals surface area contributed by atoms with Gasteiger partial charge in [-0.05, 0) is 42.8 Å². The van der Waals surface area contributed by atoms with E-state index in [9.17, 15) is 14.4 Å². The molecule has 5 N–H and O–H groups in total. The number of para-hydroxylation sites is 1. The molecule has 0 saturated carbocycles. The van der Waals surface area contributed by atoms with Crippen LogP contribution in [0.2, 0.25) is 0 Å². The van der Waals surface area contributed by atoms with Crippen molar-refractivity contribution in [3.05, 3.63) is 83.0 Å². The first-order chi connectivity index (χ1) is 16.9. The summed E-state index contributed by atoms with van der Waals surface area (Å²) in [4.78, 5) is 44.7. The van der Waals surface area contributed by atoms with Crippen molar-refractivity contribution in [2.24, 2.45) is 0 Å². The molecule has 0 unspecified atom stereocenters. The summed E-state index contributed by atoms with van der Waals surface area (Å²) in [5.41, 5.74) is 5.68. The lowest BCUT2D eigenvalue weighted by Gasteiger charge is -2.16. The summed E-state index contributed by atoms with van der Waals surface area (Å²) in [7, 11) is 0. The lowest BCUT2D eigenvalue weighted by Crippen LogP contribution is -2.33. The number of anilines is 3. The summed E-state index contributed by atoms with van der Waals surface area (Å²) in [5, 5.41) is 25.4. The number of hydrogen-bond acceptors (Lipinski definition) is 7. The molecule has 1 heterocycles. The second kappa shape index (κ2) is 11.8. The number of pyridine rings is 1. The van der Waals surface area contributed by atoms with E-state index in [1.54, 1.807) is 61.5 Å². The van der Waals surface area contributed by atoms with E-state index in [0.717, 1.165) is 5.56 Å². The number of urea groups is 1. The molecule has 1 aromatic heterocycles. The first-order valence-corrected chi connectivity index (χ1v) is 10.4. The predicted octanol–water partition coefficient (Wildman–Crippen LogP) is 3.07. The monoisotopic (exact) mass is 474 g/mol. The molecule has 178 valence electrons. The molecule has 0 saturated heterocycles. The van der Waals surface area contributed by atoms with Gasteiger partial charge in [-0.2, -0.15) is 5.26 Å². The fourth-order valence-electron chi connectivity index (χ4n) is 2.96. The minimum absolute atomic E-state index is 0.121. The summed E-state index contributed by atoms with van der Waals surface area (Å²) < 4.78 is 0. The van der Waals surface area contributed by atoms with Gasteiger partial charge in [0.2, 0.25) is 0 Å². The summed E-state index contributed by atoms with van der Waals surface area (Å²) in [5.74, 6) is -1.42. The molecule has 3 rings (SSSR count). The maximum Gasteiger partial charge on any atom is 0.323 e. The second-order valence-corrected chi connectivity index (χ2v) is 7.23. The van der Waals surface area contributed by atoms with Gasteiger partial charge in [0.15, 0.2) is 0 Å². The molecule has 0 aliphatic heterocycles. The third-order valence-electron chi connectivity index (χ3n) is 4.76. The fourth-order valence-corrected chi connectivity index (χ4v) is 2.96. The number of nitrogens with one attached hydrogen (secondary N) is 4. The molecule has 11 nitrogen and oxygen atoms in total. The number of hydrogen-bond donors (Lipinski definition) is 5. The van der Waals surface area contributed by atoms with Crippen LogP contribution in [0, 0.1) is 18.3 Å². The molecule has 0 atom stereocenters. The molecular formula is C24H22N6O5. The highest BCUT2D eigenvalue weighted by Crippen LogP contribution is 2.26. The Balaban J connectivity index is 1.66. The van der Waals surface area contributed by atoms with Crippen LogP contribution >= 0.6 is 0 Å². The first-order valence-electron chi connectivity index (χ1n) is 10.4. The van der Waals surface area contributed by atoms with Crippen LogP contribution in [0.4, 0.5) is 22.0 Å². The molecule has 3 aromatic rings. The minimum Gasteiger partial charge on any atom is -0.480 e. The molecule has 0 spiro atoms. The number of carboxylic acids is 1. The Bertz CT molecular complexity index is 1270. The van der Waals surface area contributed by atoms with Crippen molar-refractivity contribution in [1.29, 1.82) is 5.26 Å². The second-order valence-electron chi connectivity index (χ2n) is 7.23. The number of benzene rings is 2. The van der Waals surface area contributed by atoms with E-state index >= 15 is 0 Å². The van der Waals surface area contributed by atoms with Crippen molar-refractivity contribution in [2.45, 2.75) is 13.5 Å². The Morgan fingerprint density at radius 1 is 1.06 bits per heavy atom. The van der Waals surface area contributed by atoms with Crippen molar-refractivity contribution >= 4 is 35.1 Å². The number of nitrogens with zero attached hydrogens (tertiary/aromatic N) is 2. The molecule has 3 amide bonds. The molecule has 0 aliphatic carbocycles. The van der Waals surface area contributed by atoms with E-state index in [2.05, 4.69) is 26.4 Å². The van der Waals surface area contributed by atoms with Crippen LogP contribution in [0.3, 0.4) is 0 Å². The zero-order valence-electron chi connectivity index (χ0n) is 18.7. The Morgan fingerprint density at radius 2 is 1.80 bits per heavy atom. The van der Waals surface area contributed by atoms with E-state index in [1.807, 2.05) is 6.07 Å². The number of carbonyl (C=O) groups is 3. The predicted molar refractivity (Wildman–Crippen MR) is 127 cm³/mol. The van der Waals surface area contributed by atoms with Gasteiger partial charge in [-0.1, -0.05) is 24.3 Å². The maximum atomic E-state index is 12.7. The molecule has 0 radical (unpaired) electrons. The number of nitriles is 1. The van der Waals surface area contributed by atoms with E-state index < -0.39 is 24.5 Å². The van der Waals surface area contributed by atoms with Gasteiger partial charge in [0, 0.05) is 17.4 Å². The zero-order valence-corrected chi connectivity index (χ0v) is 18.7. The number of hydroxylamine groups is 1. The third-order valence-corrected chi connectivity index (χ3v) is 4.76. The Kier molecular flexibility index (Phi) is 8.31. The van der Waals surface area contributed by atoms with Gasteiger partial charge < -0.3 is 15.7 Å². The average molecular weight is 474 g/mol. The molecule has 0 bridgehead atoms. The van der Waals surface area contributed by atoms with E-state index in [4.69, 9.17) is 15.2 Å². The molecule has 11 heteroatoms. The summed E-state index contributed by atoms with van der Waals surface area (Å²) in [6.45, 7) is 1.31. The van der Waals surface area contributed by atoms with Crippen LogP contribution in [0.5, 0.6) is 0 Å². The van der Waals surface area contributed by atoms with Crippen molar-refractivity contribution < 1.29 is 24.3 Å². The largest absolute Gasteiger partial charge is 0.480 e. The highest BCUT2D eigenvalue weighted by Gasteiger charge is 2.14. The van der Waals surface area contributed by atoms with E-state index in [1.165, 1.54) is 6.20 Å². The van der Waals surface area contributed by atoms with E-state index in [0.29, 0.717) is 28.1 Å². The van der Waals surface area contributed by atoms with Gasteiger partial charge in [0.05, 0.1) is 29.5 Å². The third kappa shape index (κ3) is 7.01. The zero-order chi connectivity index (χ0) is 25.2. The quantitative estimate of drug-likeness (QED) is 0.295. The van der Waals surface area contributed by atoms with Gasteiger partial charge in [0.1, 0.15) is 12.4 Å². The lowest BCUT2D eigenvalue weighted by atomic mass is 10.1. The summed E-state index contributed by atoms with van der Waals surface area (Å²) in [6.07, 6.45) is 1.46. The highest BCUT2D eigenvalue weighted by molar-refractivity contribution is 6.00. The number of carboxylic acid groups (broad SMARTS) is 1. The topological polar surface area (TPSA) is 165 Å². The molecule has 2 aromatic carbocycles. The molecule has 0 fully saturated rings. The van der Waals surface area contributed by atoms with Gasteiger partial charge in [-0.25, -0.2) is 15.3 Å². The Hall–Kier alpha value is -4.95. The first kappa shape index (κ1) is 24.7. The fraction of sp³-hybridized carbons (Fsp3) is 0.125.